The lowest BCUT2D eigenvalue weighted by molar-refractivity contribution is 0.0697. The van der Waals surface area contributed by atoms with Crippen LogP contribution in [0.3, 0.4) is 0 Å². The minimum atomic E-state index is -0.977. The van der Waals surface area contributed by atoms with Crippen molar-refractivity contribution >= 4 is 29.0 Å². The highest BCUT2D eigenvalue weighted by molar-refractivity contribution is 7.80. The van der Waals surface area contributed by atoms with Crippen molar-refractivity contribution in [3.05, 3.63) is 107 Å². The van der Waals surface area contributed by atoms with Crippen molar-refractivity contribution in [3.63, 3.8) is 0 Å². The van der Waals surface area contributed by atoms with Gasteiger partial charge in [-0.2, -0.15) is 0 Å². The number of nitrogens with zero attached hydrogens (tertiary/aromatic N) is 2. The van der Waals surface area contributed by atoms with E-state index in [0.29, 0.717) is 22.2 Å². The number of anilines is 1. The first kappa shape index (κ1) is 21.9. The molecule has 2 aromatic carbocycles. The number of aryl methyl sites for hydroxylation is 2. The molecule has 0 spiro atoms. The Morgan fingerprint density at radius 3 is 2.53 bits per heavy atom. The number of rotatable bonds is 5. The molecule has 1 saturated heterocycles. The van der Waals surface area contributed by atoms with Crippen LogP contribution in [0.4, 0.5) is 5.69 Å². The number of benzene rings is 2. The predicted molar refractivity (Wildman–Crippen MR) is 135 cm³/mol. The maximum absolute atomic E-state index is 11.4. The van der Waals surface area contributed by atoms with Crippen molar-refractivity contribution in [1.82, 2.24) is 10.3 Å². The summed E-state index contributed by atoms with van der Waals surface area (Å²) >= 11 is 5.79. The molecule has 1 fully saturated rings. The second-order valence-corrected chi connectivity index (χ2v) is 8.82. The number of hydrogen-bond acceptors (Lipinski definition) is 4. The number of nitrogens with one attached hydrogen (secondary N) is 1. The first-order chi connectivity index (χ1) is 16.4. The van der Waals surface area contributed by atoms with Crippen molar-refractivity contribution in [2.45, 2.75) is 25.9 Å². The van der Waals surface area contributed by atoms with Gasteiger partial charge in [-0.3, -0.25) is 4.98 Å². The Bertz CT molecular complexity index is 1360. The highest BCUT2D eigenvalue weighted by atomic mass is 32.1. The van der Waals surface area contributed by atoms with Crippen molar-refractivity contribution in [2.75, 3.05) is 4.90 Å². The van der Waals surface area contributed by atoms with E-state index >= 15 is 0 Å². The van der Waals surface area contributed by atoms with Crippen LogP contribution in [0.2, 0.25) is 0 Å². The van der Waals surface area contributed by atoms with Gasteiger partial charge in [-0.05, 0) is 85.7 Å². The number of carbonyl (C=O) groups is 1. The largest absolute Gasteiger partial charge is 0.478 e. The Kier molecular flexibility index (Phi) is 5.63. The molecule has 0 radical (unpaired) electrons. The summed E-state index contributed by atoms with van der Waals surface area (Å²) in [6.07, 6.45) is 1.77. The number of hydrogen-bond donors (Lipinski definition) is 2. The molecule has 0 aliphatic carbocycles. The standard InChI is InChI=1S/C27H23N3O3S/c1-16-12-17(2)14-20(13-16)30-25(24(29-27(30)34)21-8-3-4-11-28-21)23-10-9-22(33-23)18-6-5-7-19(15-18)26(31)32/h3-15,24-25H,1-2H3,(H,29,34)(H,31,32)/t24-,25+/m0/s1. The lowest BCUT2D eigenvalue weighted by Gasteiger charge is -2.26. The van der Waals surface area contributed by atoms with E-state index in [4.69, 9.17) is 16.6 Å². The van der Waals surface area contributed by atoms with Crippen LogP contribution in [0.5, 0.6) is 0 Å². The second-order valence-electron chi connectivity index (χ2n) is 8.43. The van der Waals surface area contributed by atoms with Crippen LogP contribution in [-0.2, 0) is 0 Å². The number of pyridine rings is 1. The zero-order valence-electron chi connectivity index (χ0n) is 18.7. The van der Waals surface area contributed by atoms with Gasteiger partial charge >= 0.3 is 5.97 Å². The molecule has 170 valence electrons. The van der Waals surface area contributed by atoms with Crippen LogP contribution in [0, 0.1) is 13.8 Å². The number of furan rings is 1. The molecular weight excluding hydrogens is 446 g/mol. The van der Waals surface area contributed by atoms with Gasteiger partial charge in [0.1, 0.15) is 17.6 Å². The van der Waals surface area contributed by atoms with Crippen LogP contribution in [-0.4, -0.2) is 21.2 Å². The highest BCUT2D eigenvalue weighted by Crippen LogP contribution is 2.43. The minimum Gasteiger partial charge on any atom is -0.478 e. The van der Waals surface area contributed by atoms with Crippen LogP contribution in [0.1, 0.15) is 45.0 Å². The molecule has 0 amide bonds. The van der Waals surface area contributed by atoms with E-state index in [1.165, 1.54) is 0 Å². The summed E-state index contributed by atoms with van der Waals surface area (Å²) in [7, 11) is 0. The van der Waals surface area contributed by atoms with Gasteiger partial charge in [-0.25, -0.2) is 4.79 Å². The average molecular weight is 470 g/mol. The number of aromatic nitrogens is 1. The topological polar surface area (TPSA) is 78.6 Å². The Balaban J connectivity index is 1.61. The summed E-state index contributed by atoms with van der Waals surface area (Å²) in [6, 6.07) is 22.2. The zero-order valence-corrected chi connectivity index (χ0v) is 19.5. The van der Waals surface area contributed by atoms with Crippen molar-refractivity contribution in [3.8, 4) is 11.3 Å². The molecule has 0 bridgehead atoms. The van der Waals surface area contributed by atoms with Crippen LogP contribution >= 0.6 is 12.2 Å². The van der Waals surface area contributed by atoms with Crippen molar-refractivity contribution in [2.24, 2.45) is 0 Å². The third-order valence-corrected chi connectivity index (χ3v) is 6.21. The van der Waals surface area contributed by atoms with E-state index in [0.717, 1.165) is 22.5 Å². The molecule has 6 nitrogen and oxygen atoms in total. The molecule has 0 unspecified atom stereocenters. The van der Waals surface area contributed by atoms with Gasteiger partial charge in [-0.1, -0.05) is 24.3 Å². The first-order valence-electron chi connectivity index (χ1n) is 10.9. The normalized spacial score (nSPS) is 17.6. The Morgan fingerprint density at radius 1 is 1.03 bits per heavy atom. The lowest BCUT2D eigenvalue weighted by atomic mass is 10.0. The van der Waals surface area contributed by atoms with Gasteiger partial charge in [0, 0.05) is 17.4 Å². The van der Waals surface area contributed by atoms with Gasteiger partial charge in [0.25, 0.3) is 0 Å². The summed E-state index contributed by atoms with van der Waals surface area (Å²) in [4.78, 5) is 18.1. The van der Waals surface area contributed by atoms with Crippen LogP contribution < -0.4 is 10.2 Å². The molecule has 0 saturated carbocycles. The smallest absolute Gasteiger partial charge is 0.335 e. The summed E-state index contributed by atoms with van der Waals surface area (Å²) in [6.45, 7) is 4.13. The first-order valence-corrected chi connectivity index (χ1v) is 11.3. The summed E-state index contributed by atoms with van der Waals surface area (Å²) in [5.74, 6) is 0.323. The predicted octanol–water partition coefficient (Wildman–Crippen LogP) is 5.83. The molecular formula is C27H23N3O3S. The van der Waals surface area contributed by atoms with Crippen LogP contribution in [0.15, 0.2) is 83.4 Å². The molecule has 2 N–H and O–H groups in total. The molecule has 4 aromatic rings. The van der Waals surface area contributed by atoms with Crippen LogP contribution in [0.25, 0.3) is 11.3 Å². The van der Waals surface area contributed by atoms with E-state index in [2.05, 4.69) is 47.2 Å². The molecule has 34 heavy (non-hydrogen) atoms. The molecule has 2 aromatic heterocycles. The SMILES string of the molecule is Cc1cc(C)cc(N2C(=S)N[C@@H](c3ccccn3)[C@H]2c2ccc(-c3cccc(C(=O)O)c3)o2)c1. The van der Waals surface area contributed by atoms with Gasteiger partial charge in [0.05, 0.1) is 17.3 Å². The van der Waals surface area contributed by atoms with E-state index in [-0.39, 0.29) is 17.6 Å². The Morgan fingerprint density at radius 2 is 1.82 bits per heavy atom. The monoisotopic (exact) mass is 469 g/mol. The lowest BCUT2D eigenvalue weighted by Crippen LogP contribution is -2.29. The molecule has 7 heteroatoms. The van der Waals surface area contributed by atoms with Gasteiger partial charge in [-0.15, -0.1) is 0 Å². The highest BCUT2D eigenvalue weighted by Gasteiger charge is 2.42. The van der Waals surface area contributed by atoms with Gasteiger partial charge < -0.3 is 19.7 Å². The molecule has 3 heterocycles. The third-order valence-electron chi connectivity index (χ3n) is 5.90. The molecule has 2 atom stereocenters. The van der Waals surface area contributed by atoms with Crippen molar-refractivity contribution in [1.29, 1.82) is 0 Å². The van der Waals surface area contributed by atoms with Gasteiger partial charge in [0.15, 0.2) is 5.11 Å². The summed E-state index contributed by atoms with van der Waals surface area (Å²) < 4.78 is 6.34. The average Bonchev–Trinajstić information content (AvgIpc) is 3.43. The fourth-order valence-electron chi connectivity index (χ4n) is 4.48. The Hall–Kier alpha value is -3.97. The third kappa shape index (κ3) is 4.06. The fraction of sp³-hybridized carbons (Fsp3) is 0.148. The molecule has 1 aliphatic rings. The second kappa shape index (κ2) is 8.76. The van der Waals surface area contributed by atoms with E-state index in [1.54, 1.807) is 24.4 Å². The Labute approximate surface area is 202 Å². The number of aromatic carboxylic acids is 1. The minimum absolute atomic E-state index is 0.211. The maximum Gasteiger partial charge on any atom is 0.335 e. The number of carboxylic acids is 1. The number of thiocarbonyl (C=S) groups is 1. The fourth-order valence-corrected chi connectivity index (χ4v) is 4.83. The quantitative estimate of drug-likeness (QED) is 0.356. The molecule has 5 rings (SSSR count). The summed E-state index contributed by atoms with van der Waals surface area (Å²) in [5.41, 5.74) is 5.03. The zero-order chi connectivity index (χ0) is 23.8. The van der Waals surface area contributed by atoms with E-state index in [9.17, 15) is 9.90 Å². The molecule has 1 aliphatic heterocycles. The van der Waals surface area contributed by atoms with Crippen molar-refractivity contribution < 1.29 is 14.3 Å². The summed E-state index contributed by atoms with van der Waals surface area (Å²) in [5, 5.41) is 13.4. The van der Waals surface area contributed by atoms with Gasteiger partial charge in [0.2, 0.25) is 0 Å². The van der Waals surface area contributed by atoms with E-state index in [1.807, 2.05) is 36.4 Å². The maximum atomic E-state index is 11.4. The van der Waals surface area contributed by atoms with E-state index < -0.39 is 5.97 Å². The number of carboxylic acid groups (broad SMARTS) is 1.